The van der Waals surface area contributed by atoms with E-state index in [1.165, 1.54) is 6.33 Å². The average Bonchev–Trinajstić information content (AvgIpc) is 3.62. The zero-order valence-corrected chi connectivity index (χ0v) is 17.8. The Balaban J connectivity index is 1.27. The number of benzene rings is 1. The zero-order chi connectivity index (χ0) is 23.2. The Bertz CT molecular complexity index is 1550. The van der Waals surface area contributed by atoms with Gasteiger partial charge in [-0.2, -0.15) is 15.3 Å². The summed E-state index contributed by atoms with van der Waals surface area (Å²) >= 11 is 0. The summed E-state index contributed by atoms with van der Waals surface area (Å²) in [6.07, 6.45) is 8.00. The molecule has 0 spiro atoms. The van der Waals surface area contributed by atoms with E-state index in [1.807, 2.05) is 28.0 Å². The lowest BCUT2D eigenvalue weighted by Crippen LogP contribution is -2.25. The predicted molar refractivity (Wildman–Crippen MR) is 119 cm³/mol. The maximum atomic E-state index is 14.0. The van der Waals surface area contributed by atoms with Gasteiger partial charge in [0.25, 0.3) is 6.01 Å². The molecule has 1 aliphatic heterocycles. The van der Waals surface area contributed by atoms with Gasteiger partial charge in [-0.05, 0) is 12.5 Å². The van der Waals surface area contributed by atoms with E-state index < -0.39 is 11.6 Å². The molecule has 0 aliphatic carbocycles. The molecule has 34 heavy (non-hydrogen) atoms. The molecule has 1 saturated heterocycles. The van der Waals surface area contributed by atoms with Crippen LogP contribution in [0.5, 0.6) is 0 Å². The second kappa shape index (κ2) is 7.91. The molecule has 1 aliphatic rings. The largest absolute Gasteiger partial charge is 0.420 e. The molecule has 2 atom stereocenters. The molecular weight excluding hydrogens is 442 g/mol. The number of nitrogens with zero attached hydrogens (tertiary/aromatic N) is 7. The van der Waals surface area contributed by atoms with Crippen molar-refractivity contribution in [3.05, 3.63) is 54.8 Å². The predicted octanol–water partition coefficient (Wildman–Crippen LogP) is 4.22. The number of fused-ring (bicyclic) bond motifs is 2. The lowest BCUT2D eigenvalue weighted by atomic mass is 9.96. The van der Waals surface area contributed by atoms with Gasteiger partial charge in [0.2, 0.25) is 0 Å². The smallest absolute Gasteiger partial charge is 0.298 e. The van der Waals surface area contributed by atoms with Crippen molar-refractivity contribution < 1.29 is 13.2 Å². The third kappa shape index (κ3) is 3.35. The minimum atomic E-state index is -0.780. The first-order valence-corrected chi connectivity index (χ1v) is 10.8. The number of anilines is 1. The van der Waals surface area contributed by atoms with Crippen molar-refractivity contribution in [2.45, 2.75) is 18.9 Å². The number of oxazole rings is 1. The van der Waals surface area contributed by atoms with Crippen molar-refractivity contribution in [3.8, 4) is 17.3 Å². The van der Waals surface area contributed by atoms with E-state index in [1.54, 1.807) is 6.20 Å². The van der Waals surface area contributed by atoms with E-state index in [9.17, 15) is 14.0 Å². The van der Waals surface area contributed by atoms with Gasteiger partial charge in [0, 0.05) is 54.5 Å². The molecule has 5 aromatic rings. The number of aromatic amines is 1. The van der Waals surface area contributed by atoms with Gasteiger partial charge in [0.15, 0.2) is 11.4 Å². The number of nitrogens with one attached hydrogen (secondary N) is 1. The Morgan fingerprint density at radius 3 is 3.09 bits per heavy atom. The highest BCUT2D eigenvalue weighted by atomic mass is 19.1. The number of hydrogen-bond acceptors (Lipinski definition) is 7. The minimum absolute atomic E-state index is 0.0638. The molecule has 0 radical (unpaired) electrons. The molecule has 6 rings (SSSR count). The molecule has 4 aromatic heterocycles. The molecular formula is C23H18F2N8O. The summed E-state index contributed by atoms with van der Waals surface area (Å²) in [5.74, 6) is -1.40. The van der Waals surface area contributed by atoms with Gasteiger partial charge in [0.05, 0.1) is 30.4 Å². The maximum absolute atomic E-state index is 14.0. The molecule has 170 valence electrons. The van der Waals surface area contributed by atoms with E-state index in [0.29, 0.717) is 13.1 Å². The normalized spacial score (nSPS) is 17.0. The first kappa shape index (κ1) is 20.3. The quantitative estimate of drug-likeness (QED) is 0.418. The number of H-pyrrole nitrogens is 1. The van der Waals surface area contributed by atoms with Crippen molar-refractivity contribution in [3.63, 3.8) is 0 Å². The number of halogens is 2. The Morgan fingerprint density at radius 1 is 1.29 bits per heavy atom. The van der Waals surface area contributed by atoms with Gasteiger partial charge in [-0.25, -0.2) is 18.7 Å². The van der Waals surface area contributed by atoms with E-state index in [2.05, 4.69) is 31.1 Å². The maximum Gasteiger partial charge on any atom is 0.298 e. The molecule has 11 heteroatoms. The zero-order valence-electron chi connectivity index (χ0n) is 17.8. The third-order valence-electron chi connectivity index (χ3n) is 6.31. The highest BCUT2D eigenvalue weighted by Crippen LogP contribution is 2.35. The minimum Gasteiger partial charge on any atom is -0.420 e. The van der Waals surface area contributed by atoms with E-state index >= 15 is 0 Å². The SMILES string of the molecule is N#CCC(C1CCN(c2nc3cc(F)cc(F)c3o2)C1)n1cc(-c2ncnc3[nH]ccc23)cn1. The first-order chi connectivity index (χ1) is 16.6. The second-order valence-electron chi connectivity index (χ2n) is 8.33. The summed E-state index contributed by atoms with van der Waals surface area (Å²) in [4.78, 5) is 17.9. The van der Waals surface area contributed by atoms with Crippen LogP contribution in [0.15, 0.2) is 47.5 Å². The van der Waals surface area contributed by atoms with Gasteiger partial charge < -0.3 is 14.3 Å². The Morgan fingerprint density at radius 2 is 2.21 bits per heavy atom. The van der Waals surface area contributed by atoms with Crippen molar-refractivity contribution in [1.29, 1.82) is 5.26 Å². The first-order valence-electron chi connectivity index (χ1n) is 10.8. The van der Waals surface area contributed by atoms with Crippen molar-refractivity contribution in [1.82, 2.24) is 29.7 Å². The summed E-state index contributed by atoms with van der Waals surface area (Å²) in [5.41, 5.74) is 2.42. The Labute approximate surface area is 191 Å². The number of nitriles is 1. The molecule has 0 saturated carbocycles. The summed E-state index contributed by atoms with van der Waals surface area (Å²) in [6.45, 7) is 1.17. The van der Waals surface area contributed by atoms with E-state index in [-0.39, 0.29) is 35.5 Å². The fourth-order valence-corrected chi connectivity index (χ4v) is 4.67. The lowest BCUT2D eigenvalue weighted by Gasteiger charge is -2.22. The molecule has 0 bridgehead atoms. The third-order valence-corrected chi connectivity index (χ3v) is 6.31. The van der Waals surface area contributed by atoms with Crippen LogP contribution in [0, 0.1) is 28.9 Å². The highest BCUT2D eigenvalue weighted by molar-refractivity contribution is 5.90. The van der Waals surface area contributed by atoms with Gasteiger partial charge in [-0.1, -0.05) is 0 Å². The van der Waals surface area contributed by atoms with Crippen LogP contribution >= 0.6 is 0 Å². The van der Waals surface area contributed by atoms with Gasteiger partial charge in [-0.3, -0.25) is 4.68 Å². The average molecular weight is 460 g/mol. The van der Waals surface area contributed by atoms with Crippen molar-refractivity contribution in [2.75, 3.05) is 18.0 Å². The highest BCUT2D eigenvalue weighted by Gasteiger charge is 2.33. The summed E-state index contributed by atoms with van der Waals surface area (Å²) in [5, 5.41) is 14.9. The molecule has 9 nitrogen and oxygen atoms in total. The van der Waals surface area contributed by atoms with Crippen LogP contribution in [-0.2, 0) is 0 Å². The fraction of sp³-hybridized carbons (Fsp3) is 0.261. The molecule has 0 amide bonds. The summed E-state index contributed by atoms with van der Waals surface area (Å²) < 4.78 is 35.0. The number of rotatable bonds is 5. The fourth-order valence-electron chi connectivity index (χ4n) is 4.67. The second-order valence-corrected chi connectivity index (χ2v) is 8.33. The summed E-state index contributed by atoms with van der Waals surface area (Å²) in [6, 6.07) is 6.18. The van der Waals surface area contributed by atoms with E-state index in [0.717, 1.165) is 40.8 Å². The number of aromatic nitrogens is 6. The van der Waals surface area contributed by atoms with Gasteiger partial charge in [0.1, 0.15) is 23.3 Å². The van der Waals surface area contributed by atoms with Crippen molar-refractivity contribution >= 4 is 28.1 Å². The molecule has 1 aromatic carbocycles. The van der Waals surface area contributed by atoms with Crippen LogP contribution in [0.1, 0.15) is 18.9 Å². The lowest BCUT2D eigenvalue weighted by molar-refractivity contribution is 0.331. The molecule has 2 unspecified atom stereocenters. The van der Waals surface area contributed by atoms with Crippen LogP contribution in [-0.4, -0.2) is 42.8 Å². The van der Waals surface area contributed by atoms with Crippen molar-refractivity contribution in [2.24, 2.45) is 5.92 Å². The monoisotopic (exact) mass is 460 g/mol. The number of hydrogen-bond donors (Lipinski definition) is 1. The van der Waals surface area contributed by atoms with Crippen LogP contribution in [0.3, 0.4) is 0 Å². The molecule has 1 fully saturated rings. The topological polar surface area (TPSA) is 112 Å². The van der Waals surface area contributed by atoms with E-state index in [4.69, 9.17) is 4.42 Å². The van der Waals surface area contributed by atoms with Gasteiger partial charge in [-0.15, -0.1) is 0 Å². The van der Waals surface area contributed by atoms with Gasteiger partial charge >= 0.3 is 0 Å². The Kier molecular flexibility index (Phi) is 4.72. The van der Waals surface area contributed by atoms with Crippen LogP contribution in [0.2, 0.25) is 0 Å². The van der Waals surface area contributed by atoms with Crippen LogP contribution in [0.4, 0.5) is 14.8 Å². The van der Waals surface area contributed by atoms with Crippen LogP contribution in [0.25, 0.3) is 33.4 Å². The molecule has 1 N–H and O–H groups in total. The summed E-state index contributed by atoms with van der Waals surface area (Å²) in [7, 11) is 0. The molecule has 5 heterocycles. The standard InChI is InChI=1S/C23H18F2N8O/c24-15-7-17(25)21-18(8-15)31-23(34-21)32-6-3-13(10-32)19(1-4-26)33-11-14(9-30-33)20-16-2-5-27-22(16)29-12-28-20/h2,5,7-9,11-13,19H,1,3,6,10H2,(H,27,28,29). The Hall–Kier alpha value is -4.33. The van der Waals surface area contributed by atoms with Crippen LogP contribution < -0.4 is 4.90 Å².